The average molecular weight is 239 g/mol. The highest BCUT2D eigenvalue weighted by atomic mass is 16.2. The van der Waals surface area contributed by atoms with Crippen LogP contribution >= 0.6 is 0 Å². The zero-order valence-electron chi connectivity index (χ0n) is 9.34. The molecule has 0 bridgehead atoms. The molecule has 1 heterocycles. The first-order chi connectivity index (χ1) is 8.15. The van der Waals surface area contributed by atoms with Gasteiger partial charge in [-0.2, -0.15) is 0 Å². The summed E-state index contributed by atoms with van der Waals surface area (Å²) in [6, 6.07) is -0.549. The Morgan fingerprint density at radius 2 is 2.29 bits per heavy atom. The lowest BCUT2D eigenvalue weighted by molar-refractivity contribution is -0.120. The first kappa shape index (κ1) is 12.8. The van der Waals surface area contributed by atoms with E-state index in [9.17, 15) is 14.4 Å². The van der Waals surface area contributed by atoms with Crippen molar-refractivity contribution in [1.82, 2.24) is 25.6 Å². The molecule has 1 aromatic heterocycles. The van der Waals surface area contributed by atoms with Gasteiger partial charge in [0.25, 0.3) is 0 Å². The fourth-order valence-corrected chi connectivity index (χ4v) is 1.04. The van der Waals surface area contributed by atoms with Gasteiger partial charge in [-0.1, -0.05) is 12.1 Å². The molecule has 0 saturated heterocycles. The highest BCUT2D eigenvalue weighted by molar-refractivity contribution is 5.94. The summed E-state index contributed by atoms with van der Waals surface area (Å²) in [5, 5.41) is 11.6. The van der Waals surface area contributed by atoms with Crippen LogP contribution in [0.5, 0.6) is 0 Å². The SMILES string of the molecule is CCCNC(=O)NC(=O)Cn1cc(C=O)nn1. The molecule has 3 amide bonds. The number of hydrogen-bond acceptors (Lipinski definition) is 5. The number of carbonyl (C=O) groups is 3. The number of carbonyl (C=O) groups excluding carboxylic acids is 3. The second-order valence-electron chi connectivity index (χ2n) is 3.26. The molecule has 0 aliphatic rings. The van der Waals surface area contributed by atoms with E-state index in [1.165, 1.54) is 10.9 Å². The maximum Gasteiger partial charge on any atom is 0.321 e. The third-order valence-corrected chi connectivity index (χ3v) is 1.77. The van der Waals surface area contributed by atoms with Gasteiger partial charge in [-0.25, -0.2) is 9.48 Å². The molecule has 8 heteroatoms. The summed E-state index contributed by atoms with van der Waals surface area (Å²) >= 11 is 0. The fourth-order valence-electron chi connectivity index (χ4n) is 1.04. The van der Waals surface area contributed by atoms with E-state index in [-0.39, 0.29) is 12.2 Å². The van der Waals surface area contributed by atoms with Crippen molar-refractivity contribution in [3.8, 4) is 0 Å². The number of rotatable bonds is 5. The van der Waals surface area contributed by atoms with Gasteiger partial charge >= 0.3 is 6.03 Å². The van der Waals surface area contributed by atoms with E-state index in [2.05, 4.69) is 20.9 Å². The highest BCUT2D eigenvalue weighted by Crippen LogP contribution is 1.88. The summed E-state index contributed by atoms with van der Waals surface area (Å²) in [6.07, 6.45) is 2.62. The number of urea groups is 1. The smallest absolute Gasteiger partial charge is 0.321 e. The van der Waals surface area contributed by atoms with Crippen molar-refractivity contribution in [3.05, 3.63) is 11.9 Å². The first-order valence-electron chi connectivity index (χ1n) is 5.08. The van der Waals surface area contributed by atoms with Crippen LogP contribution in [0.25, 0.3) is 0 Å². The lowest BCUT2D eigenvalue weighted by atomic mass is 10.5. The number of nitrogens with one attached hydrogen (secondary N) is 2. The van der Waals surface area contributed by atoms with Crippen LogP contribution in [-0.4, -0.2) is 39.8 Å². The third-order valence-electron chi connectivity index (χ3n) is 1.77. The first-order valence-corrected chi connectivity index (χ1v) is 5.08. The largest absolute Gasteiger partial charge is 0.338 e. The molecule has 1 rings (SSSR count). The van der Waals surface area contributed by atoms with E-state index in [4.69, 9.17) is 0 Å². The Hall–Kier alpha value is -2.25. The van der Waals surface area contributed by atoms with Crippen molar-refractivity contribution in [2.24, 2.45) is 0 Å². The lowest BCUT2D eigenvalue weighted by Gasteiger charge is -2.04. The van der Waals surface area contributed by atoms with Gasteiger partial charge in [-0.05, 0) is 6.42 Å². The van der Waals surface area contributed by atoms with Crippen LogP contribution in [0, 0.1) is 0 Å². The van der Waals surface area contributed by atoms with Crippen LogP contribution in [0.3, 0.4) is 0 Å². The number of aromatic nitrogens is 3. The summed E-state index contributed by atoms with van der Waals surface area (Å²) in [7, 11) is 0. The van der Waals surface area contributed by atoms with Gasteiger partial charge in [0.05, 0.1) is 6.20 Å². The number of nitrogens with zero attached hydrogens (tertiary/aromatic N) is 3. The van der Waals surface area contributed by atoms with Gasteiger partial charge in [0, 0.05) is 6.54 Å². The Bertz CT molecular complexity index is 415. The summed E-state index contributed by atoms with van der Waals surface area (Å²) in [6.45, 7) is 2.23. The third kappa shape index (κ3) is 4.41. The van der Waals surface area contributed by atoms with Crippen LogP contribution in [-0.2, 0) is 11.3 Å². The zero-order chi connectivity index (χ0) is 12.7. The van der Waals surface area contributed by atoms with Crippen molar-refractivity contribution in [1.29, 1.82) is 0 Å². The molecule has 17 heavy (non-hydrogen) atoms. The van der Waals surface area contributed by atoms with Gasteiger partial charge in [0.1, 0.15) is 12.2 Å². The van der Waals surface area contributed by atoms with Crippen molar-refractivity contribution in [2.75, 3.05) is 6.54 Å². The molecule has 0 unspecified atom stereocenters. The minimum Gasteiger partial charge on any atom is -0.338 e. The molecule has 8 nitrogen and oxygen atoms in total. The molecule has 1 aromatic rings. The van der Waals surface area contributed by atoms with E-state index < -0.39 is 11.9 Å². The molecule has 0 aliphatic heterocycles. The molecule has 0 saturated carbocycles. The number of amides is 3. The quantitative estimate of drug-likeness (QED) is 0.662. The monoisotopic (exact) mass is 239 g/mol. The van der Waals surface area contributed by atoms with E-state index in [1.807, 2.05) is 6.92 Å². The van der Waals surface area contributed by atoms with Crippen molar-refractivity contribution in [3.63, 3.8) is 0 Å². The predicted octanol–water partition coefficient (Wildman–Crippen LogP) is -0.674. The minimum absolute atomic E-state index is 0.133. The minimum atomic E-state index is -0.549. The Kier molecular flexibility index (Phi) is 4.79. The molecule has 0 aliphatic carbocycles. The van der Waals surface area contributed by atoms with Crippen LogP contribution in [0.15, 0.2) is 6.20 Å². The summed E-state index contributed by atoms with van der Waals surface area (Å²) < 4.78 is 1.17. The second kappa shape index (κ2) is 6.36. The van der Waals surface area contributed by atoms with Crippen LogP contribution in [0.2, 0.25) is 0 Å². The highest BCUT2D eigenvalue weighted by Gasteiger charge is 2.08. The predicted molar refractivity (Wildman–Crippen MR) is 57.2 cm³/mol. The molecule has 0 spiro atoms. The van der Waals surface area contributed by atoms with Gasteiger partial charge in [0.2, 0.25) is 5.91 Å². The molecule has 0 aromatic carbocycles. The van der Waals surface area contributed by atoms with Crippen LogP contribution < -0.4 is 10.6 Å². The van der Waals surface area contributed by atoms with Crippen molar-refractivity contribution in [2.45, 2.75) is 19.9 Å². The molecule has 0 radical (unpaired) electrons. The number of imide groups is 1. The topological polar surface area (TPSA) is 106 Å². The van der Waals surface area contributed by atoms with Gasteiger partial charge < -0.3 is 5.32 Å². The standard InChI is InChI=1S/C9H13N5O3/c1-2-3-10-9(17)11-8(16)5-14-4-7(6-15)12-13-14/h4,6H,2-3,5H2,1H3,(H2,10,11,16,17). The molecular formula is C9H13N5O3. The normalized spacial score (nSPS) is 9.71. The van der Waals surface area contributed by atoms with E-state index in [0.29, 0.717) is 12.8 Å². The Morgan fingerprint density at radius 3 is 2.88 bits per heavy atom. The van der Waals surface area contributed by atoms with Gasteiger partial charge in [-0.15, -0.1) is 5.10 Å². The van der Waals surface area contributed by atoms with E-state index >= 15 is 0 Å². The maximum atomic E-state index is 11.3. The zero-order valence-corrected chi connectivity index (χ0v) is 9.34. The Balaban J connectivity index is 2.38. The number of hydrogen-bond donors (Lipinski definition) is 2. The second-order valence-corrected chi connectivity index (χ2v) is 3.26. The van der Waals surface area contributed by atoms with Crippen LogP contribution in [0.1, 0.15) is 23.8 Å². The summed E-state index contributed by atoms with van der Waals surface area (Å²) in [4.78, 5) is 32.8. The fraction of sp³-hybridized carbons (Fsp3) is 0.444. The lowest BCUT2D eigenvalue weighted by Crippen LogP contribution is -2.41. The summed E-state index contributed by atoms with van der Waals surface area (Å²) in [5.74, 6) is -0.527. The molecular weight excluding hydrogens is 226 g/mol. The Morgan fingerprint density at radius 1 is 1.53 bits per heavy atom. The van der Waals surface area contributed by atoms with Crippen LogP contribution in [0.4, 0.5) is 4.79 Å². The summed E-state index contributed by atoms with van der Waals surface area (Å²) in [5.41, 5.74) is 0.133. The van der Waals surface area contributed by atoms with Crippen molar-refractivity contribution < 1.29 is 14.4 Å². The van der Waals surface area contributed by atoms with E-state index in [1.54, 1.807) is 0 Å². The number of aldehydes is 1. The molecule has 0 atom stereocenters. The van der Waals surface area contributed by atoms with Gasteiger partial charge in [0.15, 0.2) is 6.29 Å². The average Bonchev–Trinajstić information content (AvgIpc) is 2.73. The van der Waals surface area contributed by atoms with Gasteiger partial charge in [-0.3, -0.25) is 14.9 Å². The van der Waals surface area contributed by atoms with E-state index in [0.717, 1.165) is 6.42 Å². The molecule has 2 N–H and O–H groups in total. The maximum absolute atomic E-state index is 11.3. The molecule has 92 valence electrons. The van der Waals surface area contributed by atoms with Crippen molar-refractivity contribution >= 4 is 18.2 Å². The Labute approximate surface area is 97.4 Å². The molecule has 0 fully saturated rings.